The summed E-state index contributed by atoms with van der Waals surface area (Å²) in [4.78, 5) is 0. The summed E-state index contributed by atoms with van der Waals surface area (Å²) >= 11 is 1.93. The van der Waals surface area contributed by atoms with Gasteiger partial charge >= 0.3 is 0 Å². The first-order chi connectivity index (χ1) is 6.35. The third kappa shape index (κ3) is 8.60. The molecule has 0 aliphatic carbocycles. The van der Waals surface area contributed by atoms with Crippen molar-refractivity contribution in [2.75, 3.05) is 32.3 Å². The lowest BCUT2D eigenvalue weighted by Crippen LogP contribution is -2.32. The van der Waals surface area contributed by atoms with Crippen molar-refractivity contribution in [2.24, 2.45) is 0 Å². The molecular weight excluding hydrogens is 182 g/mol. The van der Waals surface area contributed by atoms with E-state index in [1.807, 2.05) is 11.8 Å². The predicted molar refractivity (Wildman–Crippen MR) is 61.6 cm³/mol. The fourth-order valence-electron chi connectivity index (χ4n) is 1.37. The Morgan fingerprint density at radius 2 is 2.15 bits per heavy atom. The summed E-state index contributed by atoms with van der Waals surface area (Å²) in [6.07, 6.45) is 6.04. The Bertz CT molecular complexity index is 94.9. The lowest BCUT2D eigenvalue weighted by Gasteiger charge is -2.16. The lowest BCUT2D eigenvalue weighted by molar-refractivity contribution is 0.162. The molecule has 80 valence electrons. The van der Waals surface area contributed by atoms with E-state index in [9.17, 15) is 0 Å². The minimum Gasteiger partial charge on any atom is -0.383 e. The topological polar surface area (TPSA) is 21.3 Å². The molecule has 0 radical (unpaired) electrons. The van der Waals surface area contributed by atoms with Gasteiger partial charge in [-0.05, 0) is 31.4 Å². The van der Waals surface area contributed by atoms with Gasteiger partial charge in [-0.1, -0.05) is 13.3 Å². The van der Waals surface area contributed by atoms with Crippen LogP contribution >= 0.6 is 11.8 Å². The number of ether oxygens (including phenoxy) is 1. The van der Waals surface area contributed by atoms with Crippen molar-refractivity contribution < 1.29 is 4.74 Å². The Morgan fingerprint density at radius 3 is 2.69 bits per heavy atom. The van der Waals surface area contributed by atoms with Crippen LogP contribution in [-0.2, 0) is 4.74 Å². The van der Waals surface area contributed by atoms with Gasteiger partial charge in [-0.25, -0.2) is 0 Å². The highest BCUT2D eigenvalue weighted by Crippen LogP contribution is 2.05. The second-order valence-electron chi connectivity index (χ2n) is 3.20. The summed E-state index contributed by atoms with van der Waals surface area (Å²) in [5.41, 5.74) is 0. The molecule has 13 heavy (non-hydrogen) atoms. The fourth-order valence-corrected chi connectivity index (χ4v) is 1.86. The maximum Gasteiger partial charge on any atom is 0.0615 e. The Morgan fingerprint density at radius 1 is 1.38 bits per heavy atom. The first-order valence-electron chi connectivity index (χ1n) is 5.06. The Labute approximate surface area is 86.8 Å². The van der Waals surface area contributed by atoms with Crippen LogP contribution in [0, 0.1) is 0 Å². The largest absolute Gasteiger partial charge is 0.383 e. The second kappa shape index (κ2) is 10.4. The number of methoxy groups -OCH3 is 1. The number of nitrogens with one attached hydrogen (secondary N) is 1. The van der Waals surface area contributed by atoms with Gasteiger partial charge in [0, 0.05) is 13.2 Å². The van der Waals surface area contributed by atoms with Gasteiger partial charge in [0.1, 0.15) is 0 Å². The summed E-state index contributed by atoms with van der Waals surface area (Å²) in [5, 5.41) is 3.43. The van der Waals surface area contributed by atoms with E-state index < -0.39 is 0 Å². The van der Waals surface area contributed by atoms with Crippen molar-refractivity contribution in [2.45, 2.75) is 32.2 Å². The summed E-state index contributed by atoms with van der Waals surface area (Å²) < 4.78 is 5.15. The molecule has 0 amide bonds. The number of likely N-dealkylation sites (N-methyl/N-ethyl adjacent to an activating group) is 1. The third-order valence-electron chi connectivity index (χ3n) is 2.01. The van der Waals surface area contributed by atoms with Crippen LogP contribution in [0.15, 0.2) is 0 Å². The standard InChI is InChI=1S/C10H23NOS/c1-4-11-10(9-12-2)7-5-6-8-13-3/h10-11H,4-9H2,1-3H3. The van der Waals surface area contributed by atoms with Gasteiger partial charge in [-0.2, -0.15) is 11.8 Å². The van der Waals surface area contributed by atoms with Crippen LogP contribution in [0.1, 0.15) is 26.2 Å². The quantitative estimate of drug-likeness (QED) is 0.583. The normalized spacial score (nSPS) is 13.2. The molecule has 0 rings (SSSR count). The van der Waals surface area contributed by atoms with Crippen molar-refractivity contribution in [3.8, 4) is 0 Å². The first kappa shape index (κ1) is 13.3. The van der Waals surface area contributed by atoms with Gasteiger partial charge in [-0.3, -0.25) is 0 Å². The number of hydrogen-bond acceptors (Lipinski definition) is 3. The zero-order valence-corrected chi connectivity index (χ0v) is 9.95. The first-order valence-corrected chi connectivity index (χ1v) is 6.45. The molecule has 0 saturated carbocycles. The molecular formula is C10H23NOS. The van der Waals surface area contributed by atoms with Crippen molar-refractivity contribution >= 4 is 11.8 Å². The smallest absolute Gasteiger partial charge is 0.0615 e. The monoisotopic (exact) mass is 205 g/mol. The molecule has 0 spiro atoms. The zero-order valence-electron chi connectivity index (χ0n) is 9.14. The average molecular weight is 205 g/mol. The number of hydrogen-bond donors (Lipinski definition) is 1. The molecule has 0 aliphatic heterocycles. The molecule has 0 aromatic heterocycles. The van der Waals surface area contributed by atoms with Crippen LogP contribution in [0.25, 0.3) is 0 Å². The highest BCUT2D eigenvalue weighted by atomic mass is 32.2. The number of rotatable bonds is 9. The Hall–Kier alpha value is 0.270. The van der Waals surface area contributed by atoms with Crippen LogP contribution < -0.4 is 5.32 Å². The average Bonchev–Trinajstić information content (AvgIpc) is 2.13. The van der Waals surface area contributed by atoms with Crippen molar-refractivity contribution in [1.29, 1.82) is 0 Å². The molecule has 3 heteroatoms. The van der Waals surface area contributed by atoms with Crippen LogP contribution in [0.5, 0.6) is 0 Å². The summed E-state index contributed by atoms with van der Waals surface area (Å²) in [6.45, 7) is 4.02. The van der Waals surface area contributed by atoms with E-state index in [0.717, 1.165) is 13.2 Å². The highest BCUT2D eigenvalue weighted by molar-refractivity contribution is 7.98. The molecule has 0 aromatic rings. The SMILES string of the molecule is CCNC(CCCCSC)COC. The van der Waals surface area contributed by atoms with E-state index in [0.29, 0.717) is 6.04 Å². The molecule has 0 heterocycles. The Balaban J connectivity index is 3.33. The van der Waals surface area contributed by atoms with Gasteiger partial charge in [0.15, 0.2) is 0 Å². The minimum atomic E-state index is 0.553. The van der Waals surface area contributed by atoms with Gasteiger partial charge in [0.05, 0.1) is 6.61 Å². The van der Waals surface area contributed by atoms with E-state index in [2.05, 4.69) is 18.5 Å². The van der Waals surface area contributed by atoms with E-state index in [1.54, 1.807) is 7.11 Å². The predicted octanol–water partition coefficient (Wildman–Crippen LogP) is 2.14. The van der Waals surface area contributed by atoms with Gasteiger partial charge in [0.25, 0.3) is 0 Å². The van der Waals surface area contributed by atoms with Gasteiger partial charge < -0.3 is 10.1 Å². The molecule has 0 aliphatic rings. The maximum atomic E-state index is 5.15. The molecule has 0 saturated heterocycles. The number of thioether (sulfide) groups is 1. The molecule has 0 fully saturated rings. The minimum absolute atomic E-state index is 0.553. The number of unbranched alkanes of at least 4 members (excludes halogenated alkanes) is 1. The lowest BCUT2D eigenvalue weighted by atomic mass is 10.1. The molecule has 0 bridgehead atoms. The molecule has 1 N–H and O–H groups in total. The highest BCUT2D eigenvalue weighted by Gasteiger charge is 2.05. The second-order valence-corrected chi connectivity index (χ2v) is 4.18. The van der Waals surface area contributed by atoms with Crippen LogP contribution in [0.4, 0.5) is 0 Å². The summed E-state index contributed by atoms with van der Waals surface area (Å²) in [7, 11) is 1.77. The van der Waals surface area contributed by atoms with E-state index in [-0.39, 0.29) is 0 Å². The van der Waals surface area contributed by atoms with Crippen LogP contribution in [0.2, 0.25) is 0 Å². The van der Waals surface area contributed by atoms with Crippen LogP contribution in [-0.4, -0.2) is 38.3 Å². The molecule has 1 unspecified atom stereocenters. The maximum absolute atomic E-state index is 5.15. The fraction of sp³-hybridized carbons (Fsp3) is 1.00. The van der Waals surface area contributed by atoms with Gasteiger partial charge in [-0.15, -0.1) is 0 Å². The third-order valence-corrected chi connectivity index (χ3v) is 2.71. The van der Waals surface area contributed by atoms with E-state index in [1.165, 1.54) is 25.0 Å². The van der Waals surface area contributed by atoms with E-state index in [4.69, 9.17) is 4.74 Å². The molecule has 1 atom stereocenters. The Kier molecular flexibility index (Phi) is 10.6. The van der Waals surface area contributed by atoms with E-state index >= 15 is 0 Å². The van der Waals surface area contributed by atoms with Crippen molar-refractivity contribution in [3.05, 3.63) is 0 Å². The van der Waals surface area contributed by atoms with Crippen molar-refractivity contribution in [1.82, 2.24) is 5.32 Å². The van der Waals surface area contributed by atoms with Crippen LogP contribution in [0.3, 0.4) is 0 Å². The molecule has 2 nitrogen and oxygen atoms in total. The molecule has 0 aromatic carbocycles. The van der Waals surface area contributed by atoms with Crippen molar-refractivity contribution in [3.63, 3.8) is 0 Å². The summed E-state index contributed by atoms with van der Waals surface area (Å²) in [5.74, 6) is 1.28. The van der Waals surface area contributed by atoms with Gasteiger partial charge in [0.2, 0.25) is 0 Å². The zero-order chi connectivity index (χ0) is 9.94. The summed E-state index contributed by atoms with van der Waals surface area (Å²) in [6, 6.07) is 0.553.